The van der Waals surface area contributed by atoms with Gasteiger partial charge >= 0.3 is 0 Å². The predicted octanol–water partition coefficient (Wildman–Crippen LogP) is 2.07. The van der Waals surface area contributed by atoms with Crippen molar-refractivity contribution >= 4 is 27.5 Å². The number of hydrogen-bond donors (Lipinski definition) is 2. The van der Waals surface area contributed by atoms with Crippen LogP contribution in [0.15, 0.2) is 22.7 Å². The molecule has 4 nitrogen and oxygen atoms in total. The first-order chi connectivity index (χ1) is 8.66. The van der Waals surface area contributed by atoms with Gasteiger partial charge in [0.2, 0.25) is 5.91 Å². The van der Waals surface area contributed by atoms with Crippen LogP contribution in [0.4, 0.5) is 5.69 Å². The molecule has 1 aliphatic heterocycles. The third-order valence-electron chi connectivity index (χ3n) is 2.96. The molecule has 1 saturated heterocycles. The summed E-state index contributed by atoms with van der Waals surface area (Å²) < 4.78 is 6.50. The largest absolute Gasteiger partial charge is 0.375 e. The predicted molar refractivity (Wildman–Crippen MR) is 74.7 cm³/mol. The Morgan fingerprint density at radius 2 is 2.44 bits per heavy atom. The van der Waals surface area contributed by atoms with Crippen molar-refractivity contribution in [2.24, 2.45) is 0 Å². The lowest BCUT2D eigenvalue weighted by Gasteiger charge is -2.23. The molecule has 1 atom stereocenters. The Balaban J connectivity index is 1.92. The van der Waals surface area contributed by atoms with E-state index in [1.165, 1.54) is 0 Å². The fourth-order valence-electron chi connectivity index (χ4n) is 1.90. The molecule has 2 N–H and O–H groups in total. The fraction of sp³-hybridized carbons (Fsp3) is 0.462. The van der Waals surface area contributed by atoms with Crippen LogP contribution >= 0.6 is 15.9 Å². The summed E-state index contributed by atoms with van der Waals surface area (Å²) in [5.74, 6) is -0.00935. The Bertz CT molecular complexity index is 431. The standard InChI is InChI=1S/C13H17BrN2O2/c1-9-11(14)3-2-4-12(9)16-13(17)7-10-8-15-5-6-18-10/h2-4,10,15H,5-8H2,1H3,(H,16,17). The number of morpholine rings is 1. The van der Waals surface area contributed by atoms with Gasteiger partial charge in [-0.1, -0.05) is 22.0 Å². The SMILES string of the molecule is Cc1c(Br)cccc1NC(=O)CC1CNCCO1. The number of hydrogen-bond acceptors (Lipinski definition) is 3. The summed E-state index contributed by atoms with van der Waals surface area (Å²) in [6.45, 7) is 4.25. The maximum absolute atomic E-state index is 11.9. The molecule has 1 fully saturated rings. The highest BCUT2D eigenvalue weighted by atomic mass is 79.9. The second kappa shape index (κ2) is 6.31. The molecule has 0 saturated carbocycles. The molecule has 1 amide bonds. The van der Waals surface area contributed by atoms with Crippen LogP contribution in [0, 0.1) is 6.92 Å². The van der Waals surface area contributed by atoms with Gasteiger partial charge in [0.1, 0.15) is 0 Å². The lowest BCUT2D eigenvalue weighted by molar-refractivity contribution is -0.119. The van der Waals surface area contributed by atoms with Crippen LogP contribution < -0.4 is 10.6 Å². The zero-order valence-electron chi connectivity index (χ0n) is 10.3. The van der Waals surface area contributed by atoms with Crippen LogP contribution in [0.3, 0.4) is 0 Å². The molecule has 1 aromatic carbocycles. The molecule has 1 aliphatic rings. The van der Waals surface area contributed by atoms with Crippen molar-refractivity contribution in [1.82, 2.24) is 5.32 Å². The summed E-state index contributed by atoms with van der Waals surface area (Å²) in [5.41, 5.74) is 1.88. The monoisotopic (exact) mass is 312 g/mol. The van der Waals surface area contributed by atoms with Crippen LogP contribution in [0.2, 0.25) is 0 Å². The van der Waals surface area contributed by atoms with E-state index in [1.807, 2.05) is 25.1 Å². The van der Waals surface area contributed by atoms with Gasteiger partial charge in [-0.15, -0.1) is 0 Å². The summed E-state index contributed by atoms with van der Waals surface area (Å²) in [7, 11) is 0. The Hall–Kier alpha value is -0.910. The molecule has 0 aromatic heterocycles. The summed E-state index contributed by atoms with van der Waals surface area (Å²) in [6.07, 6.45) is 0.366. The fourth-order valence-corrected chi connectivity index (χ4v) is 2.27. The minimum atomic E-state index is -0.0220. The van der Waals surface area contributed by atoms with E-state index in [0.717, 1.165) is 28.8 Å². The number of benzene rings is 1. The molecule has 2 rings (SSSR count). The number of amides is 1. The molecule has 5 heteroatoms. The molecule has 1 aromatic rings. The van der Waals surface area contributed by atoms with Gasteiger partial charge in [0.05, 0.1) is 19.1 Å². The summed E-state index contributed by atoms with van der Waals surface area (Å²) in [6, 6.07) is 5.77. The maximum Gasteiger partial charge on any atom is 0.227 e. The van der Waals surface area contributed by atoms with Gasteiger partial charge in [0.15, 0.2) is 0 Å². The van der Waals surface area contributed by atoms with Crippen molar-refractivity contribution in [3.63, 3.8) is 0 Å². The molecule has 0 radical (unpaired) electrons. The van der Waals surface area contributed by atoms with Crippen molar-refractivity contribution in [2.75, 3.05) is 25.0 Å². The topological polar surface area (TPSA) is 50.4 Å². The average molecular weight is 313 g/mol. The van der Waals surface area contributed by atoms with Crippen LogP contribution in [0.25, 0.3) is 0 Å². The minimum absolute atomic E-state index is 0.00935. The first kappa shape index (κ1) is 13.5. The number of carbonyl (C=O) groups excluding carboxylic acids is 1. The van der Waals surface area contributed by atoms with Crippen LogP contribution in [0.1, 0.15) is 12.0 Å². The Morgan fingerprint density at radius 3 is 3.17 bits per heavy atom. The van der Waals surface area contributed by atoms with Gasteiger partial charge in [0, 0.05) is 23.2 Å². The summed E-state index contributed by atoms with van der Waals surface area (Å²) >= 11 is 3.45. The first-order valence-corrected chi connectivity index (χ1v) is 6.83. The van der Waals surface area contributed by atoms with Crippen LogP contribution in [-0.2, 0) is 9.53 Å². The zero-order valence-corrected chi connectivity index (χ0v) is 11.9. The van der Waals surface area contributed by atoms with Crippen LogP contribution in [0.5, 0.6) is 0 Å². The third-order valence-corrected chi connectivity index (χ3v) is 3.82. The van der Waals surface area contributed by atoms with E-state index in [1.54, 1.807) is 0 Å². The van der Waals surface area contributed by atoms with E-state index in [2.05, 4.69) is 26.6 Å². The Kier molecular flexibility index (Phi) is 4.74. The minimum Gasteiger partial charge on any atom is -0.375 e. The van der Waals surface area contributed by atoms with Gasteiger partial charge in [-0.25, -0.2) is 0 Å². The number of anilines is 1. The number of ether oxygens (including phenoxy) is 1. The lowest BCUT2D eigenvalue weighted by Crippen LogP contribution is -2.40. The summed E-state index contributed by atoms with van der Waals surface area (Å²) in [4.78, 5) is 11.9. The molecule has 1 heterocycles. The number of nitrogens with one attached hydrogen (secondary N) is 2. The molecular weight excluding hydrogens is 296 g/mol. The highest BCUT2D eigenvalue weighted by molar-refractivity contribution is 9.10. The number of halogens is 1. The third kappa shape index (κ3) is 3.54. The van der Waals surface area contributed by atoms with Gasteiger partial charge < -0.3 is 15.4 Å². The van der Waals surface area contributed by atoms with Gasteiger partial charge in [0.25, 0.3) is 0 Å². The van der Waals surface area contributed by atoms with E-state index in [4.69, 9.17) is 4.74 Å². The molecule has 0 aliphatic carbocycles. The second-order valence-corrected chi connectivity index (χ2v) is 5.22. The highest BCUT2D eigenvalue weighted by Crippen LogP contribution is 2.23. The van der Waals surface area contributed by atoms with Crippen LogP contribution in [-0.4, -0.2) is 31.7 Å². The van der Waals surface area contributed by atoms with Gasteiger partial charge in [-0.2, -0.15) is 0 Å². The Morgan fingerprint density at radius 1 is 1.61 bits per heavy atom. The molecule has 18 heavy (non-hydrogen) atoms. The smallest absolute Gasteiger partial charge is 0.227 e. The second-order valence-electron chi connectivity index (χ2n) is 4.36. The zero-order chi connectivity index (χ0) is 13.0. The molecular formula is C13H17BrN2O2. The van der Waals surface area contributed by atoms with E-state index in [-0.39, 0.29) is 12.0 Å². The number of rotatable bonds is 3. The first-order valence-electron chi connectivity index (χ1n) is 6.04. The quantitative estimate of drug-likeness (QED) is 0.898. The Labute approximate surface area is 115 Å². The van der Waals surface area contributed by atoms with Crippen molar-refractivity contribution in [3.8, 4) is 0 Å². The van der Waals surface area contributed by atoms with E-state index >= 15 is 0 Å². The molecule has 98 valence electrons. The summed E-state index contributed by atoms with van der Waals surface area (Å²) in [5, 5.41) is 6.13. The maximum atomic E-state index is 11.9. The molecule has 1 unspecified atom stereocenters. The number of carbonyl (C=O) groups is 1. The van der Waals surface area contributed by atoms with E-state index < -0.39 is 0 Å². The highest BCUT2D eigenvalue weighted by Gasteiger charge is 2.17. The van der Waals surface area contributed by atoms with Gasteiger partial charge in [-0.05, 0) is 24.6 Å². The van der Waals surface area contributed by atoms with Crippen molar-refractivity contribution in [2.45, 2.75) is 19.4 Å². The van der Waals surface area contributed by atoms with Crippen molar-refractivity contribution in [3.05, 3.63) is 28.2 Å². The van der Waals surface area contributed by atoms with E-state index in [9.17, 15) is 4.79 Å². The molecule has 0 spiro atoms. The van der Waals surface area contributed by atoms with Gasteiger partial charge in [-0.3, -0.25) is 4.79 Å². The van der Waals surface area contributed by atoms with E-state index in [0.29, 0.717) is 13.0 Å². The normalized spacial score (nSPS) is 19.6. The average Bonchev–Trinajstić information content (AvgIpc) is 2.36. The lowest BCUT2D eigenvalue weighted by atomic mass is 10.1. The molecule has 0 bridgehead atoms. The van der Waals surface area contributed by atoms with Crippen molar-refractivity contribution < 1.29 is 9.53 Å². The van der Waals surface area contributed by atoms with Crippen molar-refractivity contribution in [1.29, 1.82) is 0 Å².